The maximum atomic E-state index is 10.4. The molecule has 0 aliphatic rings. The second kappa shape index (κ2) is 7.73. The lowest BCUT2D eigenvalue weighted by atomic mass is 10.1. The normalized spacial score (nSPS) is 12.5. The van der Waals surface area contributed by atoms with Crippen LogP contribution in [0.25, 0.3) is 11.0 Å². The van der Waals surface area contributed by atoms with Crippen LogP contribution in [0, 0.1) is 0 Å². The number of ether oxygens (including phenoxy) is 1. The standard InChI is InChI=1S/C19H22N2O2S/c1-3-12-21-17-7-5-4-6-16(17)20-19(21)24-13-18(22)14-8-10-15(23-2)11-9-14/h4-11,18,22H,3,12-13H2,1-2H3/t18-/m1/s1. The van der Waals surface area contributed by atoms with Crippen molar-refractivity contribution < 1.29 is 9.84 Å². The molecule has 4 nitrogen and oxygen atoms in total. The van der Waals surface area contributed by atoms with Crippen LogP contribution in [0.4, 0.5) is 0 Å². The fraction of sp³-hybridized carbons (Fsp3) is 0.316. The quantitative estimate of drug-likeness (QED) is 0.651. The molecule has 0 saturated heterocycles. The molecule has 1 N–H and O–H groups in total. The van der Waals surface area contributed by atoms with Gasteiger partial charge in [0.2, 0.25) is 0 Å². The Hall–Kier alpha value is -1.98. The van der Waals surface area contributed by atoms with Crippen LogP contribution in [-0.4, -0.2) is 27.5 Å². The molecule has 126 valence electrons. The summed E-state index contributed by atoms with van der Waals surface area (Å²) in [4.78, 5) is 4.72. The minimum absolute atomic E-state index is 0.532. The average Bonchev–Trinajstić information content (AvgIpc) is 2.98. The molecule has 0 fully saturated rings. The monoisotopic (exact) mass is 342 g/mol. The molecule has 0 saturated carbocycles. The highest BCUT2D eigenvalue weighted by molar-refractivity contribution is 7.99. The first-order valence-corrected chi connectivity index (χ1v) is 9.11. The molecule has 0 radical (unpaired) electrons. The van der Waals surface area contributed by atoms with E-state index in [1.807, 2.05) is 42.5 Å². The van der Waals surface area contributed by atoms with Gasteiger partial charge in [0.25, 0.3) is 0 Å². The van der Waals surface area contributed by atoms with Crippen LogP contribution in [0.15, 0.2) is 53.7 Å². The summed E-state index contributed by atoms with van der Waals surface area (Å²) in [6, 6.07) is 15.7. The summed E-state index contributed by atoms with van der Waals surface area (Å²) >= 11 is 1.60. The van der Waals surface area contributed by atoms with Crippen LogP contribution in [0.2, 0.25) is 0 Å². The number of benzene rings is 2. The van der Waals surface area contributed by atoms with Crippen molar-refractivity contribution in [2.45, 2.75) is 31.1 Å². The first kappa shape index (κ1) is 16.9. The van der Waals surface area contributed by atoms with Gasteiger partial charge in [0.05, 0.1) is 24.2 Å². The number of fused-ring (bicyclic) bond motifs is 1. The topological polar surface area (TPSA) is 47.3 Å². The summed E-state index contributed by atoms with van der Waals surface area (Å²) in [7, 11) is 1.64. The Morgan fingerprint density at radius 1 is 1.17 bits per heavy atom. The van der Waals surface area contributed by atoms with Crippen LogP contribution >= 0.6 is 11.8 Å². The van der Waals surface area contributed by atoms with Crippen LogP contribution in [-0.2, 0) is 6.54 Å². The largest absolute Gasteiger partial charge is 0.497 e. The molecule has 3 aromatic rings. The maximum Gasteiger partial charge on any atom is 0.169 e. The van der Waals surface area contributed by atoms with Crippen molar-refractivity contribution in [2.24, 2.45) is 0 Å². The Bertz CT molecular complexity index is 799. The summed E-state index contributed by atoms with van der Waals surface area (Å²) < 4.78 is 7.39. The van der Waals surface area contributed by atoms with Crippen LogP contribution in [0.3, 0.4) is 0 Å². The molecular formula is C19H22N2O2S. The third-order valence-electron chi connectivity index (χ3n) is 3.94. The van der Waals surface area contributed by atoms with Crippen molar-refractivity contribution in [1.29, 1.82) is 0 Å². The molecule has 0 aliphatic carbocycles. The van der Waals surface area contributed by atoms with Crippen molar-refractivity contribution in [3.05, 3.63) is 54.1 Å². The number of methoxy groups -OCH3 is 1. The number of aromatic nitrogens is 2. The maximum absolute atomic E-state index is 10.4. The van der Waals surface area contributed by atoms with Crippen molar-refractivity contribution in [2.75, 3.05) is 12.9 Å². The van der Waals surface area contributed by atoms with Crippen molar-refractivity contribution in [1.82, 2.24) is 9.55 Å². The van der Waals surface area contributed by atoms with Crippen molar-refractivity contribution in [3.63, 3.8) is 0 Å². The Kier molecular flexibility index (Phi) is 5.43. The van der Waals surface area contributed by atoms with E-state index in [2.05, 4.69) is 17.6 Å². The molecule has 2 aromatic carbocycles. The van der Waals surface area contributed by atoms with E-state index in [-0.39, 0.29) is 0 Å². The molecule has 0 amide bonds. The van der Waals surface area contributed by atoms with Gasteiger partial charge in [-0.15, -0.1) is 0 Å². The van der Waals surface area contributed by atoms with Crippen LogP contribution in [0.1, 0.15) is 25.0 Å². The number of hydrogen-bond donors (Lipinski definition) is 1. The van der Waals surface area contributed by atoms with Crippen molar-refractivity contribution >= 4 is 22.8 Å². The molecule has 1 heterocycles. The van der Waals surface area contributed by atoms with Gasteiger partial charge in [-0.25, -0.2) is 4.98 Å². The van der Waals surface area contributed by atoms with Gasteiger partial charge in [-0.3, -0.25) is 0 Å². The van der Waals surface area contributed by atoms with Crippen molar-refractivity contribution in [3.8, 4) is 5.75 Å². The minimum Gasteiger partial charge on any atom is -0.497 e. The average molecular weight is 342 g/mol. The van der Waals surface area contributed by atoms with Gasteiger partial charge in [-0.05, 0) is 36.2 Å². The lowest BCUT2D eigenvalue weighted by Crippen LogP contribution is -2.04. The van der Waals surface area contributed by atoms with Gasteiger partial charge >= 0.3 is 0 Å². The summed E-state index contributed by atoms with van der Waals surface area (Å²) in [6.45, 7) is 3.09. The molecular weight excluding hydrogens is 320 g/mol. The van der Waals surface area contributed by atoms with Gasteiger partial charge in [-0.1, -0.05) is 43.0 Å². The summed E-state index contributed by atoms with van der Waals surface area (Å²) in [6.07, 6.45) is 0.519. The van der Waals surface area contributed by atoms with Gasteiger partial charge in [0, 0.05) is 12.3 Å². The van der Waals surface area contributed by atoms with E-state index in [4.69, 9.17) is 9.72 Å². The Labute approximate surface area is 146 Å². The number of imidazole rings is 1. The second-order valence-corrected chi connectivity index (χ2v) is 6.62. The van der Waals surface area contributed by atoms with Gasteiger partial charge in [0.1, 0.15) is 5.75 Å². The van der Waals surface area contributed by atoms with E-state index >= 15 is 0 Å². The van der Waals surface area contributed by atoms with E-state index in [9.17, 15) is 5.11 Å². The molecule has 0 unspecified atom stereocenters. The smallest absolute Gasteiger partial charge is 0.169 e. The summed E-state index contributed by atoms with van der Waals surface area (Å²) in [5.74, 6) is 1.36. The zero-order valence-corrected chi connectivity index (χ0v) is 14.8. The van der Waals surface area contributed by atoms with Crippen LogP contribution in [0.5, 0.6) is 5.75 Å². The second-order valence-electron chi connectivity index (χ2n) is 5.63. The summed E-state index contributed by atoms with van der Waals surface area (Å²) in [5, 5.41) is 11.4. The van der Waals surface area contributed by atoms with E-state index in [1.165, 1.54) is 0 Å². The molecule has 5 heteroatoms. The number of aryl methyl sites for hydroxylation is 1. The zero-order valence-electron chi connectivity index (χ0n) is 14.0. The highest BCUT2D eigenvalue weighted by atomic mass is 32.2. The number of aliphatic hydroxyl groups is 1. The predicted molar refractivity (Wildman–Crippen MR) is 98.7 cm³/mol. The fourth-order valence-corrected chi connectivity index (χ4v) is 3.69. The highest BCUT2D eigenvalue weighted by Gasteiger charge is 2.14. The molecule has 3 rings (SSSR count). The third-order valence-corrected chi connectivity index (χ3v) is 4.99. The van der Waals surface area contributed by atoms with E-state index in [1.54, 1.807) is 18.9 Å². The van der Waals surface area contributed by atoms with E-state index < -0.39 is 6.10 Å². The van der Waals surface area contributed by atoms with E-state index in [0.717, 1.165) is 40.5 Å². The number of thioether (sulfide) groups is 1. The number of hydrogen-bond acceptors (Lipinski definition) is 4. The zero-order chi connectivity index (χ0) is 16.9. The highest BCUT2D eigenvalue weighted by Crippen LogP contribution is 2.28. The van der Waals surface area contributed by atoms with Gasteiger partial charge in [0.15, 0.2) is 5.16 Å². The number of nitrogens with zero attached hydrogens (tertiary/aromatic N) is 2. The molecule has 0 bridgehead atoms. The Balaban J connectivity index is 1.75. The van der Waals surface area contributed by atoms with E-state index in [0.29, 0.717) is 5.75 Å². The van der Waals surface area contributed by atoms with Gasteiger partial charge in [-0.2, -0.15) is 0 Å². The Morgan fingerprint density at radius 3 is 2.62 bits per heavy atom. The number of para-hydroxylation sites is 2. The third kappa shape index (κ3) is 3.57. The fourth-order valence-electron chi connectivity index (χ4n) is 2.68. The lowest BCUT2D eigenvalue weighted by molar-refractivity contribution is 0.204. The lowest BCUT2D eigenvalue weighted by Gasteiger charge is -2.12. The molecule has 1 atom stereocenters. The summed E-state index contributed by atoms with van der Waals surface area (Å²) in [5.41, 5.74) is 3.05. The van der Waals surface area contributed by atoms with Gasteiger partial charge < -0.3 is 14.4 Å². The SMILES string of the molecule is CCCn1c(SC[C@@H](O)c2ccc(OC)cc2)nc2ccccc21. The Morgan fingerprint density at radius 2 is 1.92 bits per heavy atom. The number of aliphatic hydroxyl groups excluding tert-OH is 1. The first-order valence-electron chi connectivity index (χ1n) is 8.13. The predicted octanol–water partition coefficient (Wildman–Crippen LogP) is 4.28. The molecule has 1 aromatic heterocycles. The molecule has 0 aliphatic heterocycles. The molecule has 24 heavy (non-hydrogen) atoms. The van der Waals surface area contributed by atoms with Crippen LogP contribution < -0.4 is 4.74 Å². The number of rotatable bonds is 7. The first-order chi connectivity index (χ1) is 11.7. The minimum atomic E-state index is -0.532. The molecule has 0 spiro atoms.